The summed E-state index contributed by atoms with van der Waals surface area (Å²) in [7, 11) is -4.28. The Morgan fingerprint density at radius 3 is 1.71 bits per heavy atom. The van der Waals surface area contributed by atoms with E-state index in [2.05, 4.69) is 21.1 Å². The molecular weight excluding hydrogens is 503 g/mol. The number of hydrogen-bond donors (Lipinski definition) is 1. The van der Waals surface area contributed by atoms with Gasteiger partial charge < -0.3 is 4.99 Å². The van der Waals surface area contributed by atoms with Gasteiger partial charge in [0.1, 0.15) is 0 Å². The molecule has 0 aromatic heterocycles. The third-order valence-electron chi connectivity index (χ3n) is 5.40. The summed E-state index contributed by atoms with van der Waals surface area (Å²) in [6.45, 7) is 0. The van der Waals surface area contributed by atoms with Crippen molar-refractivity contribution in [2.75, 3.05) is 0 Å². The van der Waals surface area contributed by atoms with Gasteiger partial charge in [-0.15, -0.1) is 11.6 Å². The van der Waals surface area contributed by atoms with Crippen LogP contribution in [0.2, 0.25) is 0 Å². The Bertz CT molecular complexity index is 1640. The molecule has 0 fully saturated rings. The number of benzene rings is 1. The molecule has 5 heterocycles. The molecule has 0 saturated heterocycles. The maximum absolute atomic E-state index is 11.4. The molecule has 1 radical (unpaired) electrons. The Morgan fingerprint density at radius 1 is 0.657 bits per heavy atom. The molecule has 0 aliphatic carbocycles. The van der Waals surface area contributed by atoms with Crippen LogP contribution in [0.15, 0.2) is 133 Å². The van der Waals surface area contributed by atoms with Crippen molar-refractivity contribution in [1.82, 2.24) is 0 Å². The van der Waals surface area contributed by atoms with Gasteiger partial charge in [-0.1, -0.05) is 29.8 Å². The molecule has 1 N–H and O–H groups in total. The number of rotatable bonds is 2. The molecule has 0 saturated carbocycles. The van der Waals surface area contributed by atoms with Crippen LogP contribution in [0, 0.1) is 6.08 Å². The van der Waals surface area contributed by atoms with Gasteiger partial charge in [-0.25, -0.2) is 9.98 Å². The van der Waals surface area contributed by atoms with E-state index >= 15 is 0 Å². The average molecular weight is 518 g/mol. The summed E-state index contributed by atoms with van der Waals surface area (Å²) < 4.78 is 32.1. The zero-order valence-corrected chi connectivity index (χ0v) is 19.9. The van der Waals surface area contributed by atoms with Crippen LogP contribution < -0.4 is 0 Å². The van der Waals surface area contributed by atoms with Gasteiger partial charge in [-0.2, -0.15) is 8.42 Å². The van der Waals surface area contributed by atoms with E-state index in [1.165, 1.54) is 12.1 Å². The fourth-order valence-electron chi connectivity index (χ4n) is 3.84. The van der Waals surface area contributed by atoms with Gasteiger partial charge in [-0.05, 0) is 72.1 Å². The molecule has 0 unspecified atom stereocenters. The average Bonchev–Trinajstić information content (AvgIpc) is 3.58. The molecule has 9 heteroatoms. The van der Waals surface area contributed by atoms with Crippen LogP contribution in [0.4, 0.5) is 0 Å². The largest absolute Gasteiger partial charge is 0.317 e. The summed E-state index contributed by atoms with van der Waals surface area (Å²) >= 11 is 0. The van der Waals surface area contributed by atoms with Gasteiger partial charge in [0.05, 0.1) is 33.4 Å². The number of nitrogens with zero attached hydrogens (tertiary/aromatic N) is 4. The molecule has 6 rings (SSSR count). The number of fused-ring (bicyclic) bond motifs is 4. The molecule has 0 spiro atoms. The SMILES string of the molecule is O=S(=O)(O)c1ccc(C2=[C-]C3=NC2=CC2=NC(=CC4=NC(=CC5=NC(=C3)C=C5)C=C4)C=C2)cc1.[Mn]. The van der Waals surface area contributed by atoms with Crippen molar-refractivity contribution in [3.8, 4) is 0 Å². The van der Waals surface area contributed by atoms with E-state index in [1.807, 2.05) is 60.8 Å². The topological polar surface area (TPSA) is 104 Å². The van der Waals surface area contributed by atoms with E-state index in [1.54, 1.807) is 12.1 Å². The van der Waals surface area contributed by atoms with Crippen molar-refractivity contribution in [3.63, 3.8) is 0 Å². The molecule has 1 aromatic carbocycles. The summed E-state index contributed by atoms with van der Waals surface area (Å²) in [5, 5.41) is 0. The van der Waals surface area contributed by atoms with Crippen LogP contribution in [0.3, 0.4) is 0 Å². The third-order valence-corrected chi connectivity index (χ3v) is 6.27. The quantitative estimate of drug-likeness (QED) is 0.361. The van der Waals surface area contributed by atoms with Gasteiger partial charge >= 0.3 is 0 Å². The maximum Gasteiger partial charge on any atom is 0.294 e. The van der Waals surface area contributed by atoms with Crippen LogP contribution in [-0.4, -0.2) is 35.8 Å². The minimum Gasteiger partial charge on any atom is -0.317 e. The molecule has 5 aliphatic heterocycles. The summed E-state index contributed by atoms with van der Waals surface area (Å²) in [6, 6.07) is 5.93. The predicted molar refractivity (Wildman–Crippen MR) is 132 cm³/mol. The smallest absolute Gasteiger partial charge is 0.294 e. The first kappa shape index (κ1) is 23.0. The normalized spacial score (nSPS) is 19.6. The Kier molecular flexibility index (Phi) is 5.78. The second kappa shape index (κ2) is 8.79. The summed E-state index contributed by atoms with van der Waals surface area (Å²) in [5.74, 6) is 0. The zero-order chi connectivity index (χ0) is 23.3. The predicted octanol–water partition coefficient (Wildman–Crippen LogP) is 4.15. The molecule has 7 nitrogen and oxygen atoms in total. The van der Waals surface area contributed by atoms with Crippen molar-refractivity contribution < 1.29 is 30.0 Å². The monoisotopic (exact) mass is 518 g/mol. The maximum atomic E-state index is 11.4. The first-order valence-electron chi connectivity index (χ1n) is 10.4. The van der Waals surface area contributed by atoms with E-state index in [4.69, 9.17) is 4.99 Å². The molecule has 0 amide bonds. The van der Waals surface area contributed by atoms with E-state index in [-0.39, 0.29) is 22.0 Å². The number of hydrogen-bond acceptors (Lipinski definition) is 6. The van der Waals surface area contributed by atoms with Crippen LogP contribution >= 0.6 is 0 Å². The van der Waals surface area contributed by atoms with Gasteiger partial charge in [0.25, 0.3) is 10.1 Å². The van der Waals surface area contributed by atoms with Crippen LogP contribution in [0.1, 0.15) is 5.56 Å². The molecule has 0 atom stereocenters. The molecule has 171 valence electrons. The Morgan fingerprint density at radius 2 is 1.17 bits per heavy atom. The van der Waals surface area contributed by atoms with Crippen LogP contribution in [0.25, 0.3) is 5.57 Å². The van der Waals surface area contributed by atoms with E-state index < -0.39 is 10.1 Å². The minimum atomic E-state index is -4.28. The summed E-state index contributed by atoms with van der Waals surface area (Å²) in [5.41, 5.74) is 7.26. The van der Waals surface area contributed by atoms with Gasteiger partial charge in [-0.3, -0.25) is 9.55 Å². The number of allylic oxidation sites excluding steroid dienone is 12. The second-order valence-corrected chi connectivity index (χ2v) is 9.27. The first-order valence-corrected chi connectivity index (χ1v) is 11.8. The minimum absolute atomic E-state index is 0. The molecular formula is C26H15MnN4O3S-. The van der Waals surface area contributed by atoms with E-state index in [0.717, 1.165) is 34.2 Å². The van der Waals surface area contributed by atoms with Gasteiger partial charge in [0.15, 0.2) is 0 Å². The fraction of sp³-hybridized carbons (Fsp3) is 0. The van der Waals surface area contributed by atoms with Gasteiger partial charge in [0, 0.05) is 22.8 Å². The fourth-order valence-corrected chi connectivity index (χ4v) is 4.32. The third kappa shape index (κ3) is 4.76. The molecule has 1 aromatic rings. The zero-order valence-electron chi connectivity index (χ0n) is 17.9. The van der Waals surface area contributed by atoms with Crippen molar-refractivity contribution in [2.45, 2.75) is 4.90 Å². The van der Waals surface area contributed by atoms with Crippen molar-refractivity contribution in [2.24, 2.45) is 20.0 Å². The van der Waals surface area contributed by atoms with E-state index in [0.29, 0.717) is 22.5 Å². The summed E-state index contributed by atoms with van der Waals surface area (Å²) in [6.07, 6.45) is 22.3. The summed E-state index contributed by atoms with van der Waals surface area (Å²) in [4.78, 5) is 18.4. The molecule has 5 aliphatic rings. The molecule has 35 heavy (non-hydrogen) atoms. The van der Waals surface area contributed by atoms with E-state index in [9.17, 15) is 13.0 Å². The van der Waals surface area contributed by atoms with Crippen LogP contribution in [-0.2, 0) is 27.2 Å². The van der Waals surface area contributed by atoms with Crippen molar-refractivity contribution >= 4 is 38.5 Å². The number of aliphatic imine (C=N–C) groups is 4. The van der Waals surface area contributed by atoms with Gasteiger partial charge in [0.2, 0.25) is 0 Å². The van der Waals surface area contributed by atoms with Crippen LogP contribution in [0.5, 0.6) is 0 Å². The Labute approximate surface area is 212 Å². The van der Waals surface area contributed by atoms with Crippen molar-refractivity contribution in [1.29, 1.82) is 0 Å². The standard InChI is InChI=1S/C26H15N4O3S.Mn/c31-34(32,33)24-9-1-16(2-10-24)25-14-23-13-21-6-5-19(28-21)11-17-3-4-18(27-17)12-20-7-8-22(29-20)15-26(25)30-23;/h1-13,15H,(H,31,32,33);/q-1;. The Hall–Kier alpha value is -3.75. The molecule has 8 bridgehead atoms. The second-order valence-electron chi connectivity index (χ2n) is 7.84. The first-order chi connectivity index (χ1) is 16.4. The Balaban J connectivity index is 0.00000253. The van der Waals surface area contributed by atoms with Crippen molar-refractivity contribution in [3.05, 3.63) is 119 Å².